The van der Waals surface area contributed by atoms with Gasteiger partial charge in [0.15, 0.2) is 0 Å². The highest BCUT2D eigenvalue weighted by Gasteiger charge is 2.67. The number of halogens is 3. The average Bonchev–Trinajstić information content (AvgIpc) is 3.52. The maximum Gasteiger partial charge on any atom is 0.395 e. The maximum absolute atomic E-state index is 13.9. The van der Waals surface area contributed by atoms with Crippen molar-refractivity contribution in [2.75, 3.05) is 20.6 Å². The van der Waals surface area contributed by atoms with E-state index in [1.165, 1.54) is 6.20 Å². The number of alkyl halides is 3. The molecule has 174 valence electrons. The lowest BCUT2D eigenvalue weighted by Crippen LogP contribution is -2.42. The van der Waals surface area contributed by atoms with Crippen molar-refractivity contribution in [1.82, 2.24) is 15.2 Å². The Morgan fingerprint density at radius 1 is 1.22 bits per heavy atom. The lowest BCUT2D eigenvalue weighted by Gasteiger charge is -2.30. The van der Waals surface area contributed by atoms with Gasteiger partial charge < -0.3 is 15.3 Å². The van der Waals surface area contributed by atoms with Gasteiger partial charge in [0.05, 0.1) is 5.41 Å². The van der Waals surface area contributed by atoms with Gasteiger partial charge in [0.2, 0.25) is 5.91 Å². The van der Waals surface area contributed by atoms with Crippen LogP contribution in [0.3, 0.4) is 0 Å². The van der Waals surface area contributed by atoms with Crippen LogP contribution in [0.5, 0.6) is 5.75 Å². The Kier molecular flexibility index (Phi) is 7.12. The van der Waals surface area contributed by atoms with Crippen molar-refractivity contribution in [2.24, 2.45) is 5.41 Å². The molecule has 3 rings (SSSR count). The van der Waals surface area contributed by atoms with E-state index >= 15 is 0 Å². The van der Waals surface area contributed by atoms with Crippen molar-refractivity contribution < 1.29 is 23.1 Å². The van der Waals surface area contributed by atoms with Crippen molar-refractivity contribution in [3.8, 4) is 5.75 Å². The number of carbonyl (C=O) groups is 1. The fourth-order valence-electron chi connectivity index (χ4n) is 4.21. The van der Waals surface area contributed by atoms with E-state index in [9.17, 15) is 23.1 Å². The molecule has 0 bridgehead atoms. The Balaban J connectivity index is 1.70. The molecule has 0 aliphatic heterocycles. The number of aryl methyl sites for hydroxylation is 1. The summed E-state index contributed by atoms with van der Waals surface area (Å²) in [6.45, 7) is 2.05. The summed E-state index contributed by atoms with van der Waals surface area (Å²) in [5, 5.41) is 12.3. The highest BCUT2D eigenvalue weighted by atomic mass is 19.4. The van der Waals surface area contributed by atoms with Gasteiger partial charge in [0.1, 0.15) is 5.75 Å². The minimum atomic E-state index is -4.36. The third-order valence-corrected chi connectivity index (χ3v) is 6.41. The van der Waals surface area contributed by atoms with Crippen LogP contribution in [-0.4, -0.2) is 53.8 Å². The van der Waals surface area contributed by atoms with E-state index in [2.05, 4.69) is 10.3 Å². The Bertz CT molecular complexity index is 925. The first-order chi connectivity index (χ1) is 15.0. The molecule has 0 saturated heterocycles. The average molecular weight is 450 g/mol. The summed E-state index contributed by atoms with van der Waals surface area (Å²) in [5.41, 5.74) is 0.295. The van der Waals surface area contributed by atoms with Crippen LogP contribution in [-0.2, 0) is 11.2 Å². The van der Waals surface area contributed by atoms with Gasteiger partial charge in [-0.05, 0) is 75.7 Å². The molecule has 2 N–H and O–H groups in total. The minimum Gasteiger partial charge on any atom is -0.508 e. The smallest absolute Gasteiger partial charge is 0.395 e. The molecule has 0 unspecified atom stereocenters. The quantitative estimate of drug-likeness (QED) is 0.602. The number of pyridine rings is 1. The summed E-state index contributed by atoms with van der Waals surface area (Å²) in [4.78, 5) is 18.8. The number of hydrogen-bond donors (Lipinski definition) is 2. The van der Waals surface area contributed by atoms with Crippen molar-refractivity contribution >= 4 is 5.91 Å². The second kappa shape index (κ2) is 9.48. The number of nitrogens with one attached hydrogen (secondary N) is 1. The number of hydrogen-bond acceptors (Lipinski definition) is 4. The predicted molar refractivity (Wildman–Crippen MR) is 116 cm³/mol. The van der Waals surface area contributed by atoms with E-state index in [-0.39, 0.29) is 31.1 Å². The van der Waals surface area contributed by atoms with Crippen molar-refractivity contribution in [1.29, 1.82) is 0 Å². The van der Waals surface area contributed by atoms with Gasteiger partial charge >= 0.3 is 6.18 Å². The van der Waals surface area contributed by atoms with Crippen molar-refractivity contribution in [3.63, 3.8) is 0 Å². The summed E-state index contributed by atoms with van der Waals surface area (Å²) >= 11 is 0. The number of likely N-dealkylation sites (N-methyl/N-ethyl adjacent to an activating group) is 1. The van der Waals surface area contributed by atoms with Crippen LogP contribution in [0.25, 0.3) is 0 Å². The third kappa shape index (κ3) is 5.59. The number of nitrogens with zero attached hydrogens (tertiary/aromatic N) is 2. The van der Waals surface area contributed by atoms with E-state index in [1.807, 2.05) is 31.1 Å². The molecule has 32 heavy (non-hydrogen) atoms. The van der Waals surface area contributed by atoms with Gasteiger partial charge in [-0.1, -0.05) is 12.1 Å². The number of aromatic hydroxyl groups is 1. The second-order valence-electron chi connectivity index (χ2n) is 8.93. The van der Waals surface area contributed by atoms with E-state index in [0.717, 1.165) is 5.56 Å². The van der Waals surface area contributed by atoms with Crippen molar-refractivity contribution in [3.05, 3.63) is 59.4 Å². The molecule has 1 aromatic carbocycles. The molecular formula is C24H30F3N3O2. The highest BCUT2D eigenvalue weighted by Crippen LogP contribution is 2.66. The molecule has 1 amide bonds. The van der Waals surface area contributed by atoms with E-state index in [0.29, 0.717) is 24.2 Å². The minimum absolute atomic E-state index is 0.0387. The maximum atomic E-state index is 13.9. The first-order valence-electron chi connectivity index (χ1n) is 10.7. The predicted octanol–water partition coefficient (Wildman–Crippen LogP) is 4.20. The monoisotopic (exact) mass is 449 g/mol. The van der Waals surface area contributed by atoms with Crippen LogP contribution in [0, 0.1) is 12.3 Å². The van der Waals surface area contributed by atoms with Crippen LogP contribution in [0.15, 0.2) is 42.6 Å². The normalized spacial score (nSPS) is 17.1. The Labute approximate surface area is 186 Å². The number of rotatable bonds is 9. The molecular weight excluding hydrogens is 419 g/mol. The van der Waals surface area contributed by atoms with E-state index < -0.39 is 23.4 Å². The van der Waals surface area contributed by atoms with Gasteiger partial charge in [-0.2, -0.15) is 13.2 Å². The summed E-state index contributed by atoms with van der Waals surface area (Å²) in [6.07, 6.45) is -2.37. The molecule has 2 aromatic rings. The summed E-state index contributed by atoms with van der Waals surface area (Å²) < 4.78 is 41.7. The van der Waals surface area contributed by atoms with Gasteiger partial charge in [-0.3, -0.25) is 9.78 Å². The molecule has 1 aromatic heterocycles. The Morgan fingerprint density at radius 2 is 1.88 bits per heavy atom. The van der Waals surface area contributed by atoms with Crippen LogP contribution in [0.2, 0.25) is 0 Å². The van der Waals surface area contributed by atoms with Crippen LogP contribution in [0.1, 0.15) is 42.0 Å². The number of aromatic nitrogens is 1. The SMILES string of the molecule is Cc1cc([C@@H](CC(=O)NC[C@H](Cc2ccc(O)cc2)N(C)C)C2(C(F)(F)F)CC2)ccn1. The largest absolute Gasteiger partial charge is 0.508 e. The zero-order chi connectivity index (χ0) is 23.5. The molecule has 1 aliphatic carbocycles. The van der Waals surface area contributed by atoms with Crippen LogP contribution < -0.4 is 5.32 Å². The second-order valence-corrected chi connectivity index (χ2v) is 8.93. The fourth-order valence-corrected chi connectivity index (χ4v) is 4.21. The number of carbonyl (C=O) groups excluding carboxylic acids is 1. The third-order valence-electron chi connectivity index (χ3n) is 6.41. The fraction of sp³-hybridized carbons (Fsp3) is 0.500. The molecule has 1 saturated carbocycles. The lowest BCUT2D eigenvalue weighted by molar-refractivity contribution is -0.194. The molecule has 1 aliphatic rings. The zero-order valence-corrected chi connectivity index (χ0v) is 18.6. The van der Waals surface area contributed by atoms with Crippen LogP contribution >= 0.6 is 0 Å². The summed E-state index contributed by atoms with van der Waals surface area (Å²) in [5.74, 6) is -1.14. The number of benzene rings is 1. The van der Waals surface area contributed by atoms with Gasteiger partial charge in [0, 0.05) is 36.8 Å². The molecule has 0 radical (unpaired) electrons. The molecule has 8 heteroatoms. The van der Waals surface area contributed by atoms with E-state index in [1.54, 1.807) is 31.2 Å². The Morgan fingerprint density at radius 3 is 2.41 bits per heavy atom. The lowest BCUT2D eigenvalue weighted by atomic mass is 9.80. The summed E-state index contributed by atoms with van der Waals surface area (Å²) in [6, 6.07) is 10.0. The zero-order valence-electron chi connectivity index (χ0n) is 18.6. The van der Waals surface area contributed by atoms with E-state index in [4.69, 9.17) is 0 Å². The van der Waals surface area contributed by atoms with Gasteiger partial charge in [0.25, 0.3) is 0 Å². The van der Waals surface area contributed by atoms with Crippen LogP contribution in [0.4, 0.5) is 13.2 Å². The van der Waals surface area contributed by atoms with Gasteiger partial charge in [-0.25, -0.2) is 0 Å². The summed E-state index contributed by atoms with van der Waals surface area (Å²) in [7, 11) is 3.78. The topological polar surface area (TPSA) is 65.5 Å². The number of phenolic OH excluding ortho intramolecular Hbond substituents is 1. The van der Waals surface area contributed by atoms with Crippen molar-refractivity contribution in [2.45, 2.75) is 50.7 Å². The molecule has 5 nitrogen and oxygen atoms in total. The number of amides is 1. The Hall–Kier alpha value is -2.61. The number of phenols is 1. The van der Waals surface area contributed by atoms with Gasteiger partial charge in [-0.15, -0.1) is 0 Å². The molecule has 1 fully saturated rings. The first kappa shape index (κ1) is 24.0. The molecule has 0 spiro atoms. The first-order valence-corrected chi connectivity index (χ1v) is 10.7. The molecule has 1 heterocycles. The molecule has 2 atom stereocenters. The standard InChI is InChI=1S/C24H30F3N3O2/c1-16-12-18(8-11-28-16)21(23(9-10-23)24(25,26)27)14-22(32)29-15-19(30(2)3)13-17-4-6-20(31)7-5-17/h4-8,11-12,19,21,31H,9-10,13-15H2,1-3H3,(H,29,32)/t19-,21+/m0/s1. The highest BCUT2D eigenvalue weighted by molar-refractivity contribution is 5.77.